The number of nitrogens with zero attached hydrogens (tertiary/aromatic N) is 3. The summed E-state index contributed by atoms with van der Waals surface area (Å²) < 4.78 is 33.2. The highest BCUT2D eigenvalue weighted by molar-refractivity contribution is 7.92. The van der Waals surface area contributed by atoms with E-state index in [-0.39, 0.29) is 22.7 Å². The molecule has 0 atom stereocenters. The number of sulfonamides is 1. The minimum Gasteiger partial charge on any atom is -0.496 e. The molecule has 10 heteroatoms. The number of ether oxygens (including phenoxy) is 1. The Bertz CT molecular complexity index is 800. The van der Waals surface area contributed by atoms with Crippen LogP contribution >= 0.6 is 0 Å². The number of rotatable bonds is 6. The average Bonchev–Trinajstić information content (AvgIpc) is 2.82. The van der Waals surface area contributed by atoms with Crippen LogP contribution in [0, 0.1) is 0 Å². The molecule has 2 rings (SSSR count). The lowest BCUT2D eigenvalue weighted by Crippen LogP contribution is -2.14. The fourth-order valence-corrected chi connectivity index (χ4v) is 2.85. The van der Waals surface area contributed by atoms with Gasteiger partial charge in [-0.2, -0.15) is 0 Å². The Morgan fingerprint density at radius 2 is 2.18 bits per heavy atom. The number of hydrogen-bond acceptors (Lipinski definition) is 6. The molecule has 0 radical (unpaired) electrons. The van der Waals surface area contributed by atoms with Crippen molar-refractivity contribution in [2.75, 3.05) is 11.8 Å². The van der Waals surface area contributed by atoms with E-state index in [2.05, 4.69) is 15.0 Å². The Kier molecular flexibility index (Phi) is 4.31. The zero-order chi connectivity index (χ0) is 16.3. The summed E-state index contributed by atoms with van der Waals surface area (Å²) in [6.45, 7) is 0. The molecule has 0 unspecified atom stereocenters. The molecule has 1 aromatic heterocycles. The van der Waals surface area contributed by atoms with Crippen molar-refractivity contribution in [3.05, 3.63) is 30.0 Å². The predicted molar refractivity (Wildman–Crippen MR) is 76.1 cm³/mol. The number of aliphatic carboxylic acids is 1. The van der Waals surface area contributed by atoms with E-state index >= 15 is 0 Å². The maximum absolute atomic E-state index is 12.3. The molecular weight excluding hydrogens is 312 g/mol. The summed E-state index contributed by atoms with van der Waals surface area (Å²) in [6.07, 6.45) is 1.05. The maximum Gasteiger partial charge on any atom is 0.307 e. The topological polar surface area (TPSA) is 123 Å². The summed E-state index contributed by atoms with van der Waals surface area (Å²) in [6, 6.07) is 3.98. The van der Waals surface area contributed by atoms with Gasteiger partial charge in [-0.1, -0.05) is 5.21 Å². The van der Waals surface area contributed by atoms with Crippen LogP contribution in [-0.4, -0.2) is 41.6 Å². The third-order valence-electron chi connectivity index (χ3n) is 2.75. The molecule has 0 amide bonds. The Morgan fingerprint density at radius 1 is 1.45 bits per heavy atom. The number of anilines is 1. The van der Waals surface area contributed by atoms with Gasteiger partial charge in [-0.25, -0.2) is 8.42 Å². The van der Waals surface area contributed by atoms with Crippen LogP contribution in [0.25, 0.3) is 0 Å². The molecule has 2 aromatic rings. The second-order valence-corrected chi connectivity index (χ2v) is 6.11. The van der Waals surface area contributed by atoms with Gasteiger partial charge >= 0.3 is 5.97 Å². The summed E-state index contributed by atoms with van der Waals surface area (Å²) >= 11 is 0. The summed E-state index contributed by atoms with van der Waals surface area (Å²) in [5.41, 5.74) is 0.261. The third kappa shape index (κ3) is 3.52. The summed E-state index contributed by atoms with van der Waals surface area (Å²) in [5.74, 6) is -0.714. The number of carbonyl (C=O) groups is 1. The first-order chi connectivity index (χ1) is 10.3. The monoisotopic (exact) mass is 326 g/mol. The molecule has 2 N–H and O–H groups in total. The number of carboxylic acids is 1. The number of carboxylic acid groups (broad SMARTS) is 1. The lowest BCUT2D eigenvalue weighted by Gasteiger charge is -2.10. The van der Waals surface area contributed by atoms with Crippen LogP contribution in [0.2, 0.25) is 0 Å². The van der Waals surface area contributed by atoms with E-state index in [0.717, 1.165) is 0 Å². The zero-order valence-electron chi connectivity index (χ0n) is 11.8. The number of nitrogens with one attached hydrogen (secondary N) is 1. The van der Waals surface area contributed by atoms with E-state index in [4.69, 9.17) is 9.84 Å². The molecule has 0 aliphatic heterocycles. The first-order valence-electron chi connectivity index (χ1n) is 6.09. The van der Waals surface area contributed by atoms with Crippen molar-refractivity contribution >= 4 is 21.8 Å². The molecule has 0 spiro atoms. The third-order valence-corrected chi connectivity index (χ3v) is 4.10. The van der Waals surface area contributed by atoms with Gasteiger partial charge < -0.3 is 9.84 Å². The average molecular weight is 326 g/mol. The van der Waals surface area contributed by atoms with E-state index < -0.39 is 16.0 Å². The van der Waals surface area contributed by atoms with Gasteiger partial charge in [-0.05, 0) is 18.2 Å². The van der Waals surface area contributed by atoms with Crippen molar-refractivity contribution in [1.82, 2.24) is 15.0 Å². The molecule has 0 aliphatic carbocycles. The van der Waals surface area contributed by atoms with Crippen LogP contribution in [0.3, 0.4) is 0 Å². The Labute approximate surface area is 126 Å². The molecule has 0 saturated heterocycles. The smallest absolute Gasteiger partial charge is 0.307 e. The van der Waals surface area contributed by atoms with Gasteiger partial charge in [0, 0.05) is 12.6 Å². The number of aromatic nitrogens is 3. The molecule has 0 saturated carbocycles. The van der Waals surface area contributed by atoms with E-state index in [1.54, 1.807) is 7.05 Å². The van der Waals surface area contributed by atoms with Gasteiger partial charge in [0.05, 0.1) is 24.6 Å². The lowest BCUT2D eigenvalue weighted by molar-refractivity contribution is -0.136. The molecule has 0 aliphatic rings. The number of aryl methyl sites for hydroxylation is 1. The molecule has 118 valence electrons. The van der Waals surface area contributed by atoms with Crippen LogP contribution in [-0.2, 0) is 28.3 Å². The molecule has 0 fully saturated rings. The van der Waals surface area contributed by atoms with Crippen LogP contribution in [0.15, 0.2) is 29.3 Å². The van der Waals surface area contributed by atoms with Crippen molar-refractivity contribution in [1.29, 1.82) is 0 Å². The lowest BCUT2D eigenvalue weighted by atomic mass is 10.1. The highest BCUT2D eigenvalue weighted by Crippen LogP contribution is 2.24. The minimum absolute atomic E-state index is 0.0677. The molecule has 1 aromatic carbocycles. The van der Waals surface area contributed by atoms with Crippen LogP contribution < -0.4 is 9.46 Å². The maximum atomic E-state index is 12.3. The number of hydrogen-bond donors (Lipinski definition) is 2. The summed E-state index contributed by atoms with van der Waals surface area (Å²) in [4.78, 5) is 10.8. The van der Waals surface area contributed by atoms with Crippen molar-refractivity contribution < 1.29 is 23.1 Å². The SMILES string of the molecule is COc1ccc(S(=O)(=O)Nc2cn(C)nn2)cc1CC(=O)O. The van der Waals surface area contributed by atoms with E-state index in [1.807, 2.05) is 0 Å². The number of benzene rings is 1. The first-order valence-corrected chi connectivity index (χ1v) is 7.58. The summed E-state index contributed by atoms with van der Waals surface area (Å²) in [5, 5.41) is 16.1. The van der Waals surface area contributed by atoms with Crippen LogP contribution in [0.1, 0.15) is 5.56 Å². The van der Waals surface area contributed by atoms with Crippen LogP contribution in [0.4, 0.5) is 5.82 Å². The quantitative estimate of drug-likeness (QED) is 0.780. The molecular formula is C12H14N4O5S. The Hall–Kier alpha value is -2.62. The van der Waals surface area contributed by atoms with Gasteiger partial charge in [-0.15, -0.1) is 5.10 Å². The highest BCUT2D eigenvalue weighted by atomic mass is 32.2. The van der Waals surface area contributed by atoms with Crippen LogP contribution in [0.5, 0.6) is 5.75 Å². The van der Waals surface area contributed by atoms with Crippen molar-refractivity contribution in [2.45, 2.75) is 11.3 Å². The van der Waals surface area contributed by atoms with E-state index in [0.29, 0.717) is 5.75 Å². The van der Waals surface area contributed by atoms with Gasteiger partial charge in [0.25, 0.3) is 10.0 Å². The first kappa shape index (κ1) is 15.8. The molecule has 1 heterocycles. The zero-order valence-corrected chi connectivity index (χ0v) is 12.7. The normalized spacial score (nSPS) is 11.2. The minimum atomic E-state index is -3.90. The van der Waals surface area contributed by atoms with Crippen molar-refractivity contribution in [2.24, 2.45) is 7.05 Å². The number of methoxy groups -OCH3 is 1. The van der Waals surface area contributed by atoms with Gasteiger partial charge in [0.15, 0.2) is 5.82 Å². The fourth-order valence-electron chi connectivity index (χ4n) is 1.81. The highest BCUT2D eigenvalue weighted by Gasteiger charge is 2.19. The predicted octanol–water partition coefficient (Wildman–Crippen LogP) is 0.252. The fraction of sp³-hybridized carbons (Fsp3) is 0.250. The van der Waals surface area contributed by atoms with Crippen molar-refractivity contribution in [3.8, 4) is 5.75 Å². The second kappa shape index (κ2) is 6.02. The van der Waals surface area contributed by atoms with Gasteiger partial charge in [0.2, 0.25) is 0 Å². The van der Waals surface area contributed by atoms with Crippen molar-refractivity contribution in [3.63, 3.8) is 0 Å². The van der Waals surface area contributed by atoms with E-state index in [9.17, 15) is 13.2 Å². The second-order valence-electron chi connectivity index (χ2n) is 4.43. The largest absolute Gasteiger partial charge is 0.496 e. The Morgan fingerprint density at radius 3 is 2.73 bits per heavy atom. The molecule has 9 nitrogen and oxygen atoms in total. The van der Waals surface area contributed by atoms with Gasteiger partial charge in [0.1, 0.15) is 5.75 Å². The molecule has 0 bridgehead atoms. The Balaban J connectivity index is 2.36. The summed E-state index contributed by atoms with van der Waals surface area (Å²) in [7, 11) is -0.916. The van der Waals surface area contributed by atoms with E-state index in [1.165, 1.54) is 36.2 Å². The molecule has 22 heavy (non-hydrogen) atoms. The van der Waals surface area contributed by atoms with Gasteiger partial charge in [-0.3, -0.25) is 14.2 Å². The standard InChI is InChI=1S/C12H14N4O5S/c1-16-7-11(13-15-16)14-22(19,20)9-3-4-10(21-2)8(5-9)6-12(17)18/h3-5,7,14H,6H2,1-2H3,(H,17,18).